The molecule has 3 atom stereocenters. The molecule has 4 heteroatoms. The van der Waals surface area contributed by atoms with Crippen LogP contribution in [0.5, 0.6) is 0 Å². The molecular formula is C21H47O3Ti-5. The van der Waals surface area contributed by atoms with Crippen molar-refractivity contribution in [1.82, 2.24) is 0 Å². The van der Waals surface area contributed by atoms with Gasteiger partial charge in [-0.3, -0.25) is 6.08 Å². The Balaban J connectivity index is -0.0000000241. The van der Waals surface area contributed by atoms with E-state index < -0.39 is 0 Å². The van der Waals surface area contributed by atoms with Gasteiger partial charge in [0.05, 0.1) is 18.3 Å². The van der Waals surface area contributed by atoms with Gasteiger partial charge in [-0.05, 0) is 40.0 Å². The SMILES string of the molecule is CCC(C)O.CCC(C)O.CCC(C)O.[C-]1=CC=CC1.[CH3-].[CH3-].[CH3-].[CH3-].[Ti]. The van der Waals surface area contributed by atoms with Crippen molar-refractivity contribution >= 4 is 0 Å². The molecule has 158 valence electrons. The van der Waals surface area contributed by atoms with Crippen molar-refractivity contribution < 1.29 is 37.0 Å². The van der Waals surface area contributed by atoms with E-state index in [0.29, 0.717) is 0 Å². The zero-order valence-electron chi connectivity index (χ0n) is 18.6. The minimum atomic E-state index is -0.116. The molecule has 3 N–H and O–H groups in total. The molecule has 3 nitrogen and oxygen atoms in total. The van der Waals surface area contributed by atoms with Gasteiger partial charge in [-0.2, -0.15) is 6.08 Å². The molecule has 0 aromatic heterocycles. The van der Waals surface area contributed by atoms with Crippen LogP contribution in [-0.4, -0.2) is 33.6 Å². The van der Waals surface area contributed by atoms with Gasteiger partial charge in [-0.1, -0.05) is 20.8 Å². The minimum Gasteiger partial charge on any atom is -0.393 e. The Morgan fingerprint density at radius 1 is 0.760 bits per heavy atom. The van der Waals surface area contributed by atoms with E-state index in [2.05, 4.69) is 12.2 Å². The molecule has 0 bridgehead atoms. The predicted molar refractivity (Wildman–Crippen MR) is 113 cm³/mol. The van der Waals surface area contributed by atoms with Crippen LogP contribution in [0.15, 0.2) is 18.2 Å². The van der Waals surface area contributed by atoms with Crippen LogP contribution in [-0.2, 0) is 21.7 Å². The number of hydrogen-bond donors (Lipinski definition) is 3. The summed E-state index contributed by atoms with van der Waals surface area (Å²) in [4.78, 5) is 0. The monoisotopic (exact) mass is 395 g/mol. The molecule has 0 saturated heterocycles. The predicted octanol–water partition coefficient (Wildman–Crippen LogP) is 5.44. The molecule has 0 radical (unpaired) electrons. The molecule has 0 aliphatic heterocycles. The van der Waals surface area contributed by atoms with Crippen molar-refractivity contribution in [2.24, 2.45) is 0 Å². The number of aliphatic hydroxyl groups excluding tert-OH is 3. The standard InChI is InChI=1S/C5H5.3C4H10O.4CH3.Ti/c1-2-4-5-3-1;3*1-3-4(2)5;;;;;/h1-3H,4H2;3*4-5H,3H2,1-2H3;4*1H3;/q-1;;;;4*-1;. The van der Waals surface area contributed by atoms with Gasteiger partial charge in [0.25, 0.3) is 0 Å². The molecule has 0 amide bonds. The summed E-state index contributed by atoms with van der Waals surface area (Å²) in [5.41, 5.74) is 0. The quantitative estimate of drug-likeness (QED) is 0.441. The van der Waals surface area contributed by atoms with Crippen LogP contribution in [0.2, 0.25) is 0 Å². The zero-order chi connectivity index (χ0) is 16.4. The average Bonchev–Trinajstić information content (AvgIpc) is 2.99. The summed E-state index contributed by atoms with van der Waals surface area (Å²) >= 11 is 0. The van der Waals surface area contributed by atoms with Crippen LogP contribution in [0.25, 0.3) is 0 Å². The van der Waals surface area contributed by atoms with Gasteiger partial charge in [0.2, 0.25) is 0 Å². The van der Waals surface area contributed by atoms with Crippen LogP contribution in [0, 0.1) is 35.8 Å². The van der Waals surface area contributed by atoms with Crippen LogP contribution < -0.4 is 0 Å². The Kier molecular flexibility index (Phi) is 87.7. The first-order chi connectivity index (χ1) is 9.31. The van der Waals surface area contributed by atoms with E-state index >= 15 is 0 Å². The minimum absolute atomic E-state index is 0. The summed E-state index contributed by atoms with van der Waals surface area (Å²) in [6.07, 6.45) is 12.2. The molecule has 25 heavy (non-hydrogen) atoms. The molecule has 0 heterocycles. The van der Waals surface area contributed by atoms with Crippen molar-refractivity contribution in [3.63, 3.8) is 0 Å². The third kappa shape index (κ3) is 95.7. The number of allylic oxidation sites excluding steroid dienone is 4. The van der Waals surface area contributed by atoms with Gasteiger partial charge in [0.15, 0.2) is 0 Å². The normalized spacial score (nSPS) is 12.5. The fourth-order valence-electron chi connectivity index (χ4n) is 0.340. The van der Waals surface area contributed by atoms with Crippen molar-refractivity contribution in [2.45, 2.75) is 85.5 Å². The first-order valence-corrected chi connectivity index (χ1v) is 7.57. The molecular weight excluding hydrogens is 348 g/mol. The molecule has 0 saturated carbocycles. The second kappa shape index (κ2) is 44.0. The van der Waals surface area contributed by atoms with Gasteiger partial charge in [-0.25, -0.2) is 12.2 Å². The van der Waals surface area contributed by atoms with E-state index in [1.54, 1.807) is 20.8 Å². The van der Waals surface area contributed by atoms with Gasteiger partial charge in [0, 0.05) is 21.7 Å². The molecule has 1 aliphatic carbocycles. The van der Waals surface area contributed by atoms with Gasteiger partial charge in [0.1, 0.15) is 0 Å². The maximum Gasteiger partial charge on any atom is 0.0509 e. The second-order valence-corrected chi connectivity index (χ2v) is 4.77. The summed E-state index contributed by atoms with van der Waals surface area (Å²) in [5, 5.41) is 25.1. The van der Waals surface area contributed by atoms with Crippen LogP contribution in [0.1, 0.15) is 67.2 Å². The number of aliphatic hydroxyl groups is 3. The average molecular weight is 395 g/mol. The molecule has 0 aromatic rings. The van der Waals surface area contributed by atoms with Crippen molar-refractivity contribution in [1.29, 1.82) is 0 Å². The molecule has 0 aromatic carbocycles. The topological polar surface area (TPSA) is 60.7 Å². The van der Waals surface area contributed by atoms with Crippen molar-refractivity contribution in [3.8, 4) is 0 Å². The Labute approximate surface area is 176 Å². The van der Waals surface area contributed by atoms with E-state index in [1.807, 2.05) is 32.9 Å². The van der Waals surface area contributed by atoms with Crippen molar-refractivity contribution in [2.75, 3.05) is 0 Å². The molecule has 3 unspecified atom stereocenters. The zero-order valence-corrected chi connectivity index (χ0v) is 20.2. The summed E-state index contributed by atoms with van der Waals surface area (Å²) in [6.45, 7) is 11.2. The third-order valence-electron chi connectivity index (χ3n) is 2.36. The van der Waals surface area contributed by atoms with Crippen LogP contribution >= 0.6 is 0 Å². The van der Waals surface area contributed by atoms with E-state index in [-0.39, 0.29) is 69.7 Å². The Morgan fingerprint density at radius 2 is 1.00 bits per heavy atom. The fourth-order valence-corrected chi connectivity index (χ4v) is 0.340. The van der Waals surface area contributed by atoms with E-state index in [0.717, 1.165) is 25.7 Å². The van der Waals surface area contributed by atoms with Gasteiger partial charge in [-0.15, -0.1) is 6.42 Å². The molecule has 1 aliphatic rings. The van der Waals surface area contributed by atoms with E-state index in [1.165, 1.54) is 0 Å². The molecule has 1 rings (SSSR count). The smallest absolute Gasteiger partial charge is 0.0509 e. The van der Waals surface area contributed by atoms with Gasteiger partial charge < -0.3 is 45.0 Å². The first kappa shape index (κ1) is 49.8. The molecule has 0 fully saturated rings. The summed E-state index contributed by atoms with van der Waals surface area (Å²) in [7, 11) is 0. The Morgan fingerprint density at radius 3 is 1.04 bits per heavy atom. The third-order valence-corrected chi connectivity index (χ3v) is 2.36. The maximum absolute atomic E-state index is 8.36. The maximum atomic E-state index is 8.36. The summed E-state index contributed by atoms with van der Waals surface area (Å²) < 4.78 is 0. The Hall–Kier alpha value is 0.0743. The number of hydrogen-bond acceptors (Lipinski definition) is 3. The van der Waals surface area contributed by atoms with Crippen LogP contribution in [0.3, 0.4) is 0 Å². The summed E-state index contributed by atoms with van der Waals surface area (Å²) in [5.74, 6) is 0. The Bertz CT molecular complexity index is 184. The van der Waals surface area contributed by atoms with Gasteiger partial charge >= 0.3 is 0 Å². The van der Waals surface area contributed by atoms with E-state index in [9.17, 15) is 0 Å². The largest absolute Gasteiger partial charge is 0.393 e. The molecule has 0 spiro atoms. The number of rotatable bonds is 3. The van der Waals surface area contributed by atoms with Crippen molar-refractivity contribution in [3.05, 3.63) is 54.0 Å². The van der Waals surface area contributed by atoms with E-state index in [4.69, 9.17) is 15.3 Å². The second-order valence-electron chi connectivity index (χ2n) is 4.77. The fraction of sp³-hybridized carbons (Fsp3) is 0.619. The summed E-state index contributed by atoms with van der Waals surface area (Å²) in [6, 6.07) is 0. The van der Waals surface area contributed by atoms with Crippen LogP contribution in [0.4, 0.5) is 0 Å². The first-order valence-electron chi connectivity index (χ1n) is 7.57.